The van der Waals surface area contributed by atoms with Gasteiger partial charge in [-0.3, -0.25) is 4.68 Å². The molecule has 1 aromatic carbocycles. The summed E-state index contributed by atoms with van der Waals surface area (Å²) in [5.41, 5.74) is 5.58. The molecule has 152 valence electrons. The van der Waals surface area contributed by atoms with E-state index >= 15 is 0 Å². The van der Waals surface area contributed by atoms with Crippen LogP contribution in [0.15, 0.2) is 61.2 Å². The lowest BCUT2D eigenvalue weighted by Gasteiger charge is -2.01. The highest BCUT2D eigenvalue weighted by Crippen LogP contribution is 2.29. The van der Waals surface area contributed by atoms with Crippen molar-refractivity contribution in [3.8, 4) is 22.6 Å². The zero-order valence-electron chi connectivity index (χ0n) is 16.2. The van der Waals surface area contributed by atoms with Gasteiger partial charge in [0.05, 0.1) is 11.4 Å². The van der Waals surface area contributed by atoms with Crippen LogP contribution in [0.5, 0.6) is 0 Å². The van der Waals surface area contributed by atoms with Crippen LogP contribution >= 0.6 is 24.0 Å². The van der Waals surface area contributed by atoms with Crippen LogP contribution in [0, 0.1) is 0 Å². The molecule has 0 atom stereocenters. The van der Waals surface area contributed by atoms with Gasteiger partial charge in [0.15, 0.2) is 5.65 Å². The maximum Gasteiger partial charge on any atom is 0.155 e. The van der Waals surface area contributed by atoms with Crippen molar-refractivity contribution >= 4 is 29.7 Å². The molecule has 9 heteroatoms. The second-order valence-electron chi connectivity index (χ2n) is 6.89. The number of nitrogens with zero attached hydrogens (tertiary/aromatic N) is 6. The van der Waals surface area contributed by atoms with Gasteiger partial charge < -0.3 is 4.98 Å². The zero-order valence-corrected chi connectivity index (χ0v) is 17.7. The average Bonchev–Trinajstić information content (AvgIpc) is 3.46. The predicted molar refractivity (Wildman–Crippen MR) is 119 cm³/mol. The maximum atomic E-state index is 5.98. The van der Waals surface area contributed by atoms with E-state index < -0.39 is 0 Å². The van der Waals surface area contributed by atoms with Crippen LogP contribution in [0.2, 0.25) is 5.02 Å². The summed E-state index contributed by atoms with van der Waals surface area (Å²) in [6.45, 7) is 0. The number of pyridine rings is 1. The van der Waals surface area contributed by atoms with Gasteiger partial charge in [0, 0.05) is 36.4 Å². The van der Waals surface area contributed by atoms with Gasteiger partial charge in [0.2, 0.25) is 0 Å². The van der Waals surface area contributed by atoms with Gasteiger partial charge in [-0.15, -0.1) is 12.4 Å². The molecular weight excluding hydrogens is 421 g/mol. The van der Waals surface area contributed by atoms with Gasteiger partial charge in [-0.1, -0.05) is 23.7 Å². The first-order valence-electron chi connectivity index (χ1n) is 9.29. The molecule has 0 bridgehead atoms. The van der Waals surface area contributed by atoms with E-state index in [9.17, 15) is 0 Å². The molecule has 0 fully saturated rings. The first-order chi connectivity index (χ1) is 14.2. The molecule has 5 rings (SSSR count). The Labute approximate surface area is 184 Å². The molecule has 4 aromatic heterocycles. The van der Waals surface area contributed by atoms with E-state index in [1.165, 1.54) is 5.56 Å². The summed E-state index contributed by atoms with van der Waals surface area (Å²) < 4.78 is 3.54. The van der Waals surface area contributed by atoms with Crippen LogP contribution in [0.3, 0.4) is 0 Å². The summed E-state index contributed by atoms with van der Waals surface area (Å²) in [5, 5.41) is 9.54. The van der Waals surface area contributed by atoms with Crippen LogP contribution in [0.4, 0.5) is 0 Å². The van der Waals surface area contributed by atoms with Crippen LogP contribution in [-0.2, 0) is 19.9 Å². The molecule has 0 aliphatic rings. The number of fused-ring (bicyclic) bond motifs is 1. The number of rotatable bonds is 5. The van der Waals surface area contributed by atoms with Gasteiger partial charge in [0.25, 0.3) is 0 Å². The SMILES string of the molecule is Cl.Cn1ccc(-c2[nH]c(CCc3ccc(Cl)cc3)nc2-c2ccc3ncnn3c2)n1. The van der Waals surface area contributed by atoms with Crippen LogP contribution in [0.25, 0.3) is 28.3 Å². The molecule has 0 aliphatic carbocycles. The fourth-order valence-corrected chi connectivity index (χ4v) is 3.48. The van der Waals surface area contributed by atoms with Gasteiger partial charge >= 0.3 is 0 Å². The average molecular weight is 440 g/mol. The molecule has 0 saturated carbocycles. The molecule has 0 amide bonds. The smallest absolute Gasteiger partial charge is 0.155 e. The lowest BCUT2D eigenvalue weighted by Crippen LogP contribution is -1.93. The number of H-pyrrole nitrogens is 1. The highest BCUT2D eigenvalue weighted by Gasteiger charge is 2.17. The largest absolute Gasteiger partial charge is 0.340 e. The van der Waals surface area contributed by atoms with E-state index in [0.717, 1.165) is 52.0 Å². The number of aromatic amines is 1. The molecular formula is C21H19Cl2N7. The van der Waals surface area contributed by atoms with Crippen molar-refractivity contribution in [2.75, 3.05) is 0 Å². The highest BCUT2D eigenvalue weighted by molar-refractivity contribution is 6.30. The van der Waals surface area contributed by atoms with Crippen LogP contribution in [0.1, 0.15) is 11.4 Å². The van der Waals surface area contributed by atoms with Gasteiger partial charge in [-0.2, -0.15) is 10.2 Å². The lowest BCUT2D eigenvalue weighted by atomic mass is 10.1. The minimum absolute atomic E-state index is 0. The standard InChI is InChI=1S/C21H18ClN7.ClH/c1-28-11-10-17(27-28)21-20(15-5-9-19-23-13-24-29(19)12-15)25-18(26-21)8-4-14-2-6-16(22)7-3-14;/h2-3,5-7,9-13H,4,8H2,1H3,(H,25,26);1H. The second kappa shape index (κ2) is 8.30. The molecule has 5 aromatic rings. The Morgan fingerprint density at radius 1 is 1.03 bits per heavy atom. The summed E-state index contributed by atoms with van der Waals surface area (Å²) in [6, 6.07) is 13.8. The number of nitrogens with one attached hydrogen (secondary N) is 1. The number of aryl methyl sites for hydroxylation is 3. The summed E-state index contributed by atoms with van der Waals surface area (Å²) in [4.78, 5) is 12.6. The van der Waals surface area contributed by atoms with Crippen molar-refractivity contribution < 1.29 is 0 Å². The van der Waals surface area contributed by atoms with Crippen LogP contribution < -0.4 is 0 Å². The molecule has 1 N–H and O–H groups in total. The highest BCUT2D eigenvalue weighted by atomic mass is 35.5. The third kappa shape index (κ3) is 3.94. The Morgan fingerprint density at radius 2 is 1.87 bits per heavy atom. The zero-order chi connectivity index (χ0) is 19.8. The number of halogens is 2. The van der Waals surface area contributed by atoms with E-state index in [4.69, 9.17) is 16.6 Å². The topological polar surface area (TPSA) is 76.7 Å². The van der Waals surface area contributed by atoms with E-state index in [-0.39, 0.29) is 12.4 Å². The first-order valence-corrected chi connectivity index (χ1v) is 9.66. The monoisotopic (exact) mass is 439 g/mol. The fourth-order valence-electron chi connectivity index (χ4n) is 3.35. The van der Waals surface area contributed by atoms with Crippen LogP contribution in [-0.4, -0.2) is 34.3 Å². The molecule has 0 radical (unpaired) electrons. The normalized spacial score (nSPS) is 11.0. The number of hydrogen-bond donors (Lipinski definition) is 1. The maximum absolute atomic E-state index is 5.98. The molecule has 4 heterocycles. The summed E-state index contributed by atoms with van der Waals surface area (Å²) >= 11 is 5.98. The number of aromatic nitrogens is 7. The second-order valence-corrected chi connectivity index (χ2v) is 7.33. The molecule has 7 nitrogen and oxygen atoms in total. The summed E-state index contributed by atoms with van der Waals surface area (Å²) in [6.07, 6.45) is 7.06. The summed E-state index contributed by atoms with van der Waals surface area (Å²) in [7, 11) is 1.91. The van der Waals surface area contributed by atoms with Crippen molar-refractivity contribution in [1.29, 1.82) is 0 Å². The van der Waals surface area contributed by atoms with Crippen molar-refractivity contribution in [1.82, 2.24) is 34.3 Å². The Kier molecular flexibility index (Phi) is 5.57. The third-order valence-corrected chi connectivity index (χ3v) is 5.09. The third-order valence-electron chi connectivity index (χ3n) is 4.83. The van der Waals surface area contributed by atoms with Crippen molar-refractivity contribution in [2.45, 2.75) is 12.8 Å². The Morgan fingerprint density at radius 3 is 2.63 bits per heavy atom. The fraction of sp³-hybridized carbons (Fsp3) is 0.143. The lowest BCUT2D eigenvalue weighted by molar-refractivity contribution is 0.770. The number of hydrogen-bond acceptors (Lipinski definition) is 4. The quantitative estimate of drug-likeness (QED) is 0.440. The minimum atomic E-state index is 0. The van der Waals surface area contributed by atoms with Gasteiger partial charge in [-0.05, 0) is 42.3 Å². The van der Waals surface area contributed by atoms with E-state index in [2.05, 4.69) is 20.2 Å². The van der Waals surface area contributed by atoms with Crippen molar-refractivity contribution in [3.63, 3.8) is 0 Å². The van der Waals surface area contributed by atoms with Crippen molar-refractivity contribution in [3.05, 3.63) is 77.6 Å². The minimum Gasteiger partial charge on any atom is -0.340 e. The van der Waals surface area contributed by atoms with E-state index in [0.29, 0.717) is 0 Å². The first kappa shape index (κ1) is 20.1. The molecule has 30 heavy (non-hydrogen) atoms. The van der Waals surface area contributed by atoms with E-state index in [1.54, 1.807) is 15.5 Å². The van der Waals surface area contributed by atoms with E-state index in [1.807, 2.05) is 61.9 Å². The molecule has 0 saturated heterocycles. The van der Waals surface area contributed by atoms with Gasteiger partial charge in [-0.25, -0.2) is 14.5 Å². The predicted octanol–water partition coefficient (Wildman–Crippen LogP) is 4.38. The Hall–Kier alpha value is -3.16. The van der Waals surface area contributed by atoms with Gasteiger partial charge in [0.1, 0.15) is 17.8 Å². The summed E-state index contributed by atoms with van der Waals surface area (Å²) in [5.74, 6) is 0.911. The number of imidazole rings is 1. The molecule has 0 unspecified atom stereocenters. The Bertz CT molecular complexity index is 1280. The molecule has 0 spiro atoms. The Balaban J connectivity index is 0.00000218. The molecule has 0 aliphatic heterocycles. The number of benzene rings is 1. The van der Waals surface area contributed by atoms with Crippen molar-refractivity contribution in [2.24, 2.45) is 7.05 Å².